The van der Waals surface area contributed by atoms with Crippen molar-refractivity contribution in [2.75, 3.05) is 6.54 Å². The van der Waals surface area contributed by atoms with E-state index in [9.17, 15) is 26.4 Å². The predicted octanol–water partition coefficient (Wildman–Crippen LogP) is 3.70. The van der Waals surface area contributed by atoms with Crippen molar-refractivity contribution in [3.63, 3.8) is 0 Å². The molecule has 2 N–H and O–H groups in total. The number of alkyl halides is 3. The van der Waals surface area contributed by atoms with Crippen LogP contribution in [-0.4, -0.2) is 42.7 Å². The van der Waals surface area contributed by atoms with Crippen molar-refractivity contribution in [1.29, 1.82) is 0 Å². The van der Waals surface area contributed by atoms with Crippen LogP contribution in [0.5, 0.6) is 0 Å². The molecule has 1 aromatic carbocycles. The summed E-state index contributed by atoms with van der Waals surface area (Å²) in [6, 6.07) is 9.78. The quantitative estimate of drug-likeness (QED) is 0.552. The Bertz CT molecular complexity index is 1220. The van der Waals surface area contributed by atoms with E-state index in [4.69, 9.17) is 0 Å². The van der Waals surface area contributed by atoms with E-state index in [1.807, 2.05) is 19.1 Å². The number of sulfonamides is 1. The summed E-state index contributed by atoms with van der Waals surface area (Å²) in [4.78, 5) is 18.3. The largest absolute Gasteiger partial charge is 0.490 e. The minimum Gasteiger partial charge on any atom is -0.452 e. The zero-order valence-electron chi connectivity index (χ0n) is 16.9. The predicted molar refractivity (Wildman–Crippen MR) is 108 cm³/mol. The Hall–Kier alpha value is -2.92. The summed E-state index contributed by atoms with van der Waals surface area (Å²) in [5.41, 5.74) is 1.58. The van der Waals surface area contributed by atoms with Gasteiger partial charge in [-0.3, -0.25) is 0 Å². The van der Waals surface area contributed by atoms with Crippen LogP contribution < -0.4 is 4.72 Å². The third-order valence-corrected chi connectivity index (χ3v) is 5.85. The molecule has 0 bridgehead atoms. The van der Waals surface area contributed by atoms with Crippen LogP contribution in [0.3, 0.4) is 0 Å². The highest BCUT2D eigenvalue weighted by Crippen LogP contribution is 2.29. The van der Waals surface area contributed by atoms with E-state index in [1.165, 1.54) is 26.0 Å². The van der Waals surface area contributed by atoms with Crippen LogP contribution in [0.1, 0.15) is 19.5 Å². The van der Waals surface area contributed by atoms with E-state index in [0.29, 0.717) is 5.65 Å². The van der Waals surface area contributed by atoms with Crippen LogP contribution >= 0.6 is 0 Å². The lowest BCUT2D eigenvalue weighted by Gasteiger charge is -2.25. The first-order valence-corrected chi connectivity index (χ1v) is 10.6. The number of aryl methyl sites for hydroxylation is 1. The van der Waals surface area contributed by atoms with Gasteiger partial charge in [-0.15, -0.1) is 0 Å². The summed E-state index contributed by atoms with van der Waals surface area (Å²) in [5, 5.41) is 0.891. The molecule has 2 heterocycles. The van der Waals surface area contributed by atoms with Crippen molar-refractivity contribution < 1.29 is 31.1 Å². The van der Waals surface area contributed by atoms with E-state index >= 15 is 0 Å². The maximum atomic E-state index is 12.5. The summed E-state index contributed by atoms with van der Waals surface area (Å²) in [6.07, 6.45) is -3.52. The molecular weight excluding hydrogens is 435 g/mol. The molecule has 2 aromatic heterocycles. The van der Waals surface area contributed by atoms with Gasteiger partial charge < -0.3 is 9.72 Å². The number of nitrogens with one attached hydrogen (secondary N) is 2. The normalized spacial score (nSPS) is 12.8. The molecule has 0 aliphatic rings. The molecule has 3 rings (SSSR count). The van der Waals surface area contributed by atoms with Gasteiger partial charge in [0.05, 0.1) is 11.4 Å². The maximum Gasteiger partial charge on any atom is 0.490 e. The first-order chi connectivity index (χ1) is 14.3. The molecule has 0 aliphatic carbocycles. The number of carbonyl (C=O) groups is 1. The number of rotatable bonds is 6. The van der Waals surface area contributed by atoms with E-state index in [-0.39, 0.29) is 4.90 Å². The molecule has 3 aromatic rings. The fraction of sp³-hybridized carbons (Fsp3) is 0.300. The number of esters is 1. The number of hydrogen-bond donors (Lipinski definition) is 2. The molecule has 0 saturated heterocycles. The minimum absolute atomic E-state index is 0.0789. The Kier molecular flexibility index (Phi) is 5.85. The number of hydrogen-bond acceptors (Lipinski definition) is 5. The van der Waals surface area contributed by atoms with Gasteiger partial charge in [-0.2, -0.15) is 13.2 Å². The highest BCUT2D eigenvalue weighted by atomic mass is 32.2. The number of nitrogens with zero attached hydrogens (tertiary/aromatic N) is 1. The van der Waals surface area contributed by atoms with Gasteiger partial charge in [-0.1, -0.05) is 12.1 Å². The average molecular weight is 455 g/mol. The van der Waals surface area contributed by atoms with E-state index in [1.54, 1.807) is 18.3 Å². The lowest BCUT2D eigenvalue weighted by atomic mass is 10.0. The molecular formula is C20H20F3N3O4S. The number of carbonyl (C=O) groups excluding carboxylic acids is 1. The van der Waals surface area contributed by atoms with Crippen molar-refractivity contribution in [2.24, 2.45) is 0 Å². The van der Waals surface area contributed by atoms with Crippen molar-refractivity contribution in [3.8, 4) is 11.1 Å². The van der Waals surface area contributed by atoms with E-state index in [0.717, 1.165) is 22.2 Å². The third kappa shape index (κ3) is 5.23. The summed E-state index contributed by atoms with van der Waals surface area (Å²) in [7, 11) is -4.04. The van der Waals surface area contributed by atoms with Crippen molar-refractivity contribution in [2.45, 2.75) is 37.4 Å². The molecule has 0 unspecified atom stereocenters. The molecule has 166 valence electrons. The SMILES string of the molecule is Cc1cc2c(-c3ccc(S(=O)(=O)NCC(C)(C)OC(=O)C(F)(F)F)cc3)ccnc2[nH]1. The van der Waals surface area contributed by atoms with Gasteiger partial charge in [0.25, 0.3) is 0 Å². The molecule has 0 atom stereocenters. The lowest BCUT2D eigenvalue weighted by molar-refractivity contribution is -0.210. The highest BCUT2D eigenvalue weighted by Gasteiger charge is 2.44. The standard InChI is InChI=1S/C20H20F3N3O4S/c1-12-10-16-15(8-9-24-17(16)26-12)13-4-6-14(7-5-13)31(28,29)25-11-19(2,3)30-18(27)20(21,22)23/h4-10,25H,11H2,1-3H3,(H,24,26). The van der Waals surface area contributed by atoms with Crippen LogP contribution in [0, 0.1) is 6.92 Å². The fourth-order valence-electron chi connectivity index (χ4n) is 2.92. The van der Waals surface area contributed by atoms with Crippen LogP contribution in [0.15, 0.2) is 47.5 Å². The number of fused-ring (bicyclic) bond motifs is 1. The number of halogens is 3. The first kappa shape index (κ1) is 22.8. The third-order valence-electron chi connectivity index (χ3n) is 4.43. The van der Waals surface area contributed by atoms with Gasteiger partial charge in [0, 0.05) is 17.3 Å². The molecule has 0 fully saturated rings. The lowest BCUT2D eigenvalue weighted by Crippen LogP contribution is -2.44. The monoisotopic (exact) mass is 455 g/mol. The zero-order chi connectivity index (χ0) is 23.0. The Labute approximate surface area is 176 Å². The zero-order valence-corrected chi connectivity index (χ0v) is 17.7. The number of pyridine rings is 1. The Balaban J connectivity index is 1.76. The Morgan fingerprint density at radius 3 is 2.42 bits per heavy atom. The summed E-state index contributed by atoms with van der Waals surface area (Å²) in [5.74, 6) is -2.38. The molecule has 31 heavy (non-hydrogen) atoms. The Morgan fingerprint density at radius 1 is 1.16 bits per heavy atom. The maximum absolute atomic E-state index is 12.5. The topological polar surface area (TPSA) is 101 Å². The fourth-order valence-corrected chi connectivity index (χ4v) is 4.12. The molecule has 0 aliphatic heterocycles. The molecule has 0 spiro atoms. The van der Waals surface area contributed by atoms with Gasteiger partial charge in [0.15, 0.2) is 0 Å². The van der Waals surface area contributed by atoms with Crippen LogP contribution in [0.25, 0.3) is 22.2 Å². The molecule has 0 saturated carbocycles. The second-order valence-corrected chi connectivity index (χ2v) is 9.34. The average Bonchev–Trinajstić information content (AvgIpc) is 3.06. The minimum atomic E-state index is -5.16. The van der Waals surface area contributed by atoms with Gasteiger partial charge in [0.2, 0.25) is 10.0 Å². The van der Waals surface area contributed by atoms with Gasteiger partial charge >= 0.3 is 12.1 Å². The van der Waals surface area contributed by atoms with E-state index < -0.39 is 34.3 Å². The number of aromatic nitrogens is 2. The Morgan fingerprint density at radius 2 is 1.81 bits per heavy atom. The summed E-state index contributed by atoms with van der Waals surface area (Å²) < 4.78 is 68.7. The van der Waals surface area contributed by atoms with Gasteiger partial charge in [-0.05, 0) is 56.2 Å². The first-order valence-electron chi connectivity index (χ1n) is 9.13. The number of benzene rings is 1. The molecule has 0 amide bonds. The second-order valence-electron chi connectivity index (χ2n) is 7.57. The molecule has 7 nitrogen and oxygen atoms in total. The van der Waals surface area contributed by atoms with Crippen LogP contribution in [0.2, 0.25) is 0 Å². The number of aromatic amines is 1. The molecule has 0 radical (unpaired) electrons. The van der Waals surface area contributed by atoms with Gasteiger partial charge in [-0.25, -0.2) is 22.9 Å². The van der Waals surface area contributed by atoms with Crippen LogP contribution in [-0.2, 0) is 19.6 Å². The van der Waals surface area contributed by atoms with Gasteiger partial charge in [0.1, 0.15) is 11.2 Å². The van der Waals surface area contributed by atoms with Crippen molar-refractivity contribution >= 4 is 27.0 Å². The second kappa shape index (κ2) is 7.97. The number of ether oxygens (including phenoxy) is 1. The number of H-pyrrole nitrogens is 1. The van der Waals surface area contributed by atoms with Crippen molar-refractivity contribution in [3.05, 3.63) is 48.3 Å². The van der Waals surface area contributed by atoms with Crippen molar-refractivity contribution in [1.82, 2.24) is 14.7 Å². The summed E-state index contributed by atoms with van der Waals surface area (Å²) in [6.45, 7) is 3.72. The summed E-state index contributed by atoms with van der Waals surface area (Å²) >= 11 is 0. The van der Waals surface area contributed by atoms with Crippen LogP contribution in [0.4, 0.5) is 13.2 Å². The highest BCUT2D eigenvalue weighted by molar-refractivity contribution is 7.89. The van der Waals surface area contributed by atoms with E-state index in [2.05, 4.69) is 19.4 Å². The molecule has 11 heteroatoms. The smallest absolute Gasteiger partial charge is 0.452 e.